The number of aliphatic hydroxyl groups is 2. The van der Waals surface area contributed by atoms with Crippen molar-refractivity contribution < 1.29 is 15.0 Å². The molecule has 0 aliphatic carbocycles. The lowest BCUT2D eigenvalue weighted by Crippen LogP contribution is -2.40. The standard InChI is InChI=1S/C19H29NO3/c1-14(2)20-7-3-4-16(11-20)10-19(23)9-15-5-6-17(12-21)18(8-15)13-22/h5-6,8,14,16,21-22H,3-4,7,9-13H2,1-2H3/t16-/m0/s1. The van der Waals surface area contributed by atoms with Gasteiger partial charge in [-0.2, -0.15) is 0 Å². The van der Waals surface area contributed by atoms with E-state index in [9.17, 15) is 15.0 Å². The number of carbonyl (C=O) groups is 1. The minimum absolute atomic E-state index is 0.0861. The monoisotopic (exact) mass is 319 g/mol. The van der Waals surface area contributed by atoms with Gasteiger partial charge in [0.15, 0.2) is 0 Å². The Hall–Kier alpha value is -1.23. The summed E-state index contributed by atoms with van der Waals surface area (Å²) in [6.45, 7) is 6.40. The van der Waals surface area contributed by atoms with Crippen LogP contribution in [0.5, 0.6) is 0 Å². The fourth-order valence-corrected chi connectivity index (χ4v) is 3.45. The van der Waals surface area contributed by atoms with Crippen LogP contribution >= 0.6 is 0 Å². The first-order valence-corrected chi connectivity index (χ1v) is 8.61. The lowest BCUT2D eigenvalue weighted by Gasteiger charge is -2.35. The van der Waals surface area contributed by atoms with Crippen molar-refractivity contribution in [3.05, 3.63) is 34.9 Å². The number of aliphatic hydroxyl groups excluding tert-OH is 2. The van der Waals surface area contributed by atoms with Gasteiger partial charge in [-0.15, -0.1) is 0 Å². The van der Waals surface area contributed by atoms with E-state index >= 15 is 0 Å². The van der Waals surface area contributed by atoms with Crippen LogP contribution in [0, 0.1) is 5.92 Å². The van der Waals surface area contributed by atoms with E-state index in [2.05, 4.69) is 18.7 Å². The van der Waals surface area contributed by atoms with Crippen LogP contribution in [-0.2, 0) is 24.4 Å². The molecule has 0 amide bonds. The maximum Gasteiger partial charge on any atom is 0.137 e. The lowest BCUT2D eigenvalue weighted by atomic mass is 9.90. The van der Waals surface area contributed by atoms with E-state index in [0.29, 0.717) is 30.4 Å². The Balaban J connectivity index is 1.92. The molecule has 0 unspecified atom stereocenters. The highest BCUT2D eigenvalue weighted by Crippen LogP contribution is 2.22. The van der Waals surface area contributed by atoms with Crippen LogP contribution < -0.4 is 0 Å². The third-order valence-corrected chi connectivity index (χ3v) is 4.81. The molecule has 1 heterocycles. The van der Waals surface area contributed by atoms with Gasteiger partial charge in [-0.1, -0.05) is 18.2 Å². The van der Waals surface area contributed by atoms with Gasteiger partial charge in [0.2, 0.25) is 0 Å². The third-order valence-electron chi connectivity index (χ3n) is 4.81. The smallest absolute Gasteiger partial charge is 0.137 e. The van der Waals surface area contributed by atoms with Crippen LogP contribution in [0.25, 0.3) is 0 Å². The minimum Gasteiger partial charge on any atom is -0.392 e. The summed E-state index contributed by atoms with van der Waals surface area (Å²) in [5.74, 6) is 0.730. The maximum absolute atomic E-state index is 12.4. The number of hydrogen-bond donors (Lipinski definition) is 2. The Morgan fingerprint density at radius 1 is 1.26 bits per heavy atom. The molecule has 0 saturated carbocycles. The van der Waals surface area contributed by atoms with Crippen LogP contribution in [-0.4, -0.2) is 40.0 Å². The summed E-state index contributed by atoms with van der Waals surface area (Å²) in [5, 5.41) is 18.6. The van der Waals surface area contributed by atoms with Crippen LogP contribution in [0.15, 0.2) is 18.2 Å². The average molecular weight is 319 g/mol. The molecule has 0 bridgehead atoms. The quantitative estimate of drug-likeness (QED) is 0.809. The fourth-order valence-electron chi connectivity index (χ4n) is 3.45. The summed E-state index contributed by atoms with van der Waals surface area (Å²) in [4.78, 5) is 14.8. The van der Waals surface area contributed by atoms with Gasteiger partial charge >= 0.3 is 0 Å². The van der Waals surface area contributed by atoms with Crippen molar-refractivity contribution in [2.75, 3.05) is 13.1 Å². The van der Waals surface area contributed by atoms with Crippen molar-refractivity contribution in [2.45, 2.75) is 58.8 Å². The molecule has 1 saturated heterocycles. The molecule has 1 aromatic rings. The normalized spacial score (nSPS) is 19.3. The van der Waals surface area contributed by atoms with Crippen LogP contribution in [0.1, 0.15) is 49.8 Å². The van der Waals surface area contributed by atoms with E-state index in [1.165, 1.54) is 6.42 Å². The first-order valence-electron chi connectivity index (χ1n) is 8.61. The number of Topliss-reactive ketones (excluding diaryl/α,β-unsaturated/α-hetero) is 1. The van der Waals surface area contributed by atoms with E-state index in [4.69, 9.17) is 0 Å². The van der Waals surface area contributed by atoms with E-state index in [1.54, 1.807) is 6.07 Å². The zero-order valence-electron chi connectivity index (χ0n) is 14.3. The molecule has 1 fully saturated rings. The highest BCUT2D eigenvalue weighted by atomic mass is 16.3. The van der Waals surface area contributed by atoms with Gasteiger partial charge in [0.05, 0.1) is 13.2 Å². The van der Waals surface area contributed by atoms with Gasteiger partial charge in [-0.3, -0.25) is 4.79 Å². The molecule has 128 valence electrons. The molecule has 0 spiro atoms. The second kappa shape index (κ2) is 8.57. The van der Waals surface area contributed by atoms with Gasteiger partial charge in [-0.25, -0.2) is 0 Å². The van der Waals surface area contributed by atoms with E-state index in [0.717, 1.165) is 30.6 Å². The summed E-state index contributed by atoms with van der Waals surface area (Å²) in [6, 6.07) is 6.07. The van der Waals surface area contributed by atoms with Gasteiger partial charge in [0.25, 0.3) is 0 Å². The lowest BCUT2D eigenvalue weighted by molar-refractivity contribution is -0.119. The van der Waals surface area contributed by atoms with E-state index in [-0.39, 0.29) is 19.0 Å². The second-order valence-electron chi connectivity index (χ2n) is 6.94. The third kappa shape index (κ3) is 5.13. The van der Waals surface area contributed by atoms with Crippen molar-refractivity contribution in [3.8, 4) is 0 Å². The number of rotatable bonds is 7. The number of nitrogens with zero attached hydrogens (tertiary/aromatic N) is 1. The minimum atomic E-state index is -0.107. The molecule has 1 aromatic carbocycles. The molecule has 23 heavy (non-hydrogen) atoms. The Morgan fingerprint density at radius 2 is 2.00 bits per heavy atom. The number of carbonyl (C=O) groups excluding carboxylic acids is 1. The first kappa shape index (κ1) is 18.1. The molecule has 1 aliphatic rings. The van der Waals surface area contributed by atoms with Crippen LogP contribution in [0.4, 0.5) is 0 Å². The molecule has 4 nitrogen and oxygen atoms in total. The van der Waals surface area contributed by atoms with E-state index < -0.39 is 0 Å². The van der Waals surface area contributed by atoms with Crippen LogP contribution in [0.2, 0.25) is 0 Å². The number of likely N-dealkylation sites (tertiary alicyclic amines) is 1. The summed E-state index contributed by atoms with van der Waals surface area (Å²) >= 11 is 0. The molecule has 1 atom stereocenters. The second-order valence-corrected chi connectivity index (χ2v) is 6.94. The van der Waals surface area contributed by atoms with E-state index in [1.807, 2.05) is 12.1 Å². The predicted octanol–water partition coefficient (Wildman–Crippen LogP) is 2.29. The SMILES string of the molecule is CC(C)N1CCC[C@@H](CC(=O)Cc2ccc(CO)c(CO)c2)C1. The number of benzene rings is 1. The average Bonchev–Trinajstić information content (AvgIpc) is 2.54. The van der Waals surface area contributed by atoms with Gasteiger partial charge < -0.3 is 15.1 Å². The number of ketones is 1. The largest absolute Gasteiger partial charge is 0.392 e. The zero-order valence-corrected chi connectivity index (χ0v) is 14.3. The van der Waals surface area contributed by atoms with Crippen molar-refractivity contribution >= 4 is 5.78 Å². The fraction of sp³-hybridized carbons (Fsp3) is 0.632. The molecular weight excluding hydrogens is 290 g/mol. The first-order chi connectivity index (χ1) is 11.0. The molecule has 0 radical (unpaired) electrons. The molecule has 2 rings (SSSR count). The van der Waals surface area contributed by atoms with Crippen molar-refractivity contribution in [1.29, 1.82) is 0 Å². The summed E-state index contributed by atoms with van der Waals surface area (Å²) in [6.07, 6.45) is 3.37. The molecule has 1 aliphatic heterocycles. The molecular formula is C19H29NO3. The number of piperidine rings is 1. The Bertz CT molecular complexity index is 527. The summed E-state index contributed by atoms with van der Waals surface area (Å²) in [5.41, 5.74) is 2.36. The topological polar surface area (TPSA) is 60.8 Å². The zero-order chi connectivity index (χ0) is 16.8. The Morgan fingerprint density at radius 3 is 2.65 bits per heavy atom. The highest BCUT2D eigenvalue weighted by molar-refractivity contribution is 5.81. The van der Waals surface area contributed by atoms with Gasteiger partial charge in [-0.05, 0) is 55.8 Å². The van der Waals surface area contributed by atoms with Crippen LogP contribution in [0.3, 0.4) is 0 Å². The maximum atomic E-state index is 12.4. The summed E-state index contributed by atoms with van der Waals surface area (Å²) < 4.78 is 0. The molecule has 0 aromatic heterocycles. The molecule has 4 heteroatoms. The van der Waals surface area contributed by atoms with Crippen molar-refractivity contribution in [2.24, 2.45) is 5.92 Å². The predicted molar refractivity (Wildman–Crippen MR) is 91.0 cm³/mol. The molecule has 2 N–H and O–H groups in total. The van der Waals surface area contributed by atoms with Crippen molar-refractivity contribution in [3.63, 3.8) is 0 Å². The van der Waals surface area contributed by atoms with Gasteiger partial charge in [0.1, 0.15) is 5.78 Å². The highest BCUT2D eigenvalue weighted by Gasteiger charge is 2.23. The van der Waals surface area contributed by atoms with Gasteiger partial charge in [0, 0.05) is 25.4 Å². The number of hydrogen-bond acceptors (Lipinski definition) is 4. The Labute approximate surface area is 139 Å². The summed E-state index contributed by atoms with van der Waals surface area (Å²) in [7, 11) is 0. The Kier molecular flexibility index (Phi) is 6.75. The van der Waals surface area contributed by atoms with Crippen molar-refractivity contribution in [1.82, 2.24) is 4.90 Å².